The highest BCUT2D eigenvalue weighted by atomic mass is 32.1. The van der Waals surface area contributed by atoms with E-state index in [9.17, 15) is 0 Å². The Morgan fingerprint density at radius 1 is 1.42 bits per heavy atom. The van der Waals surface area contributed by atoms with Crippen LogP contribution in [0.15, 0.2) is 29.6 Å². The van der Waals surface area contributed by atoms with Gasteiger partial charge in [0, 0.05) is 10.9 Å². The summed E-state index contributed by atoms with van der Waals surface area (Å²) in [7, 11) is 0. The van der Waals surface area contributed by atoms with Crippen LogP contribution in [-0.4, -0.2) is 4.98 Å². The zero-order chi connectivity index (χ0) is 8.39. The van der Waals surface area contributed by atoms with Crippen LogP contribution < -0.4 is 0 Å². The van der Waals surface area contributed by atoms with Crippen LogP contribution in [-0.2, 0) is 0 Å². The van der Waals surface area contributed by atoms with Crippen molar-refractivity contribution in [1.82, 2.24) is 4.98 Å². The van der Waals surface area contributed by atoms with Crippen molar-refractivity contribution in [2.45, 2.75) is 6.92 Å². The molecule has 0 aliphatic heterocycles. The standard InChI is InChI=1S/C10H8NS/c1-8-3-2-4-9(7-8)10-11-5-6-12-10/h2-4,6-7H,1H3. The molecule has 0 fully saturated rings. The van der Waals surface area contributed by atoms with Crippen LogP contribution in [0.1, 0.15) is 5.56 Å². The fourth-order valence-corrected chi connectivity index (χ4v) is 1.69. The molecular weight excluding hydrogens is 166 g/mol. The first kappa shape index (κ1) is 7.50. The first-order chi connectivity index (χ1) is 5.86. The number of nitrogens with zero attached hydrogens (tertiary/aromatic N) is 1. The summed E-state index contributed by atoms with van der Waals surface area (Å²) in [6.07, 6.45) is 2.82. The van der Waals surface area contributed by atoms with Crippen molar-refractivity contribution >= 4 is 11.3 Å². The maximum absolute atomic E-state index is 4.12. The van der Waals surface area contributed by atoms with Gasteiger partial charge in [0.05, 0.1) is 0 Å². The average Bonchev–Trinajstić information content (AvgIpc) is 2.56. The molecule has 0 saturated carbocycles. The van der Waals surface area contributed by atoms with E-state index in [0.29, 0.717) is 0 Å². The van der Waals surface area contributed by atoms with Crippen LogP contribution in [0, 0.1) is 13.1 Å². The average molecular weight is 174 g/mol. The Morgan fingerprint density at radius 3 is 3.00 bits per heavy atom. The molecule has 2 heteroatoms. The molecule has 0 aliphatic carbocycles. The van der Waals surface area contributed by atoms with Crippen molar-refractivity contribution < 1.29 is 0 Å². The summed E-state index contributed by atoms with van der Waals surface area (Å²) in [5.74, 6) is 0. The van der Waals surface area contributed by atoms with E-state index in [2.05, 4.69) is 36.3 Å². The molecule has 0 aliphatic rings. The van der Waals surface area contributed by atoms with Crippen molar-refractivity contribution in [2.24, 2.45) is 0 Å². The smallest absolute Gasteiger partial charge is 0.124 e. The summed E-state index contributed by atoms with van der Waals surface area (Å²) < 4.78 is 0. The monoisotopic (exact) mass is 174 g/mol. The minimum absolute atomic E-state index is 1.04. The van der Waals surface area contributed by atoms with E-state index in [1.807, 2.05) is 11.4 Å². The second kappa shape index (κ2) is 3.07. The van der Waals surface area contributed by atoms with Gasteiger partial charge >= 0.3 is 0 Å². The Kier molecular flexibility index (Phi) is 1.92. The van der Waals surface area contributed by atoms with Crippen LogP contribution in [0.25, 0.3) is 10.6 Å². The highest BCUT2D eigenvalue weighted by molar-refractivity contribution is 7.13. The molecule has 1 aromatic heterocycles. The van der Waals surface area contributed by atoms with Crippen molar-refractivity contribution in [3.05, 3.63) is 41.4 Å². The van der Waals surface area contributed by atoms with Crippen molar-refractivity contribution in [3.63, 3.8) is 0 Å². The Labute approximate surface area is 75.7 Å². The van der Waals surface area contributed by atoms with Gasteiger partial charge in [0.2, 0.25) is 0 Å². The van der Waals surface area contributed by atoms with Gasteiger partial charge in [-0.2, -0.15) is 0 Å². The minimum Gasteiger partial charge on any atom is -0.234 e. The van der Waals surface area contributed by atoms with Gasteiger partial charge in [-0.15, -0.1) is 11.3 Å². The summed E-state index contributed by atoms with van der Waals surface area (Å²) in [6.45, 7) is 2.08. The minimum atomic E-state index is 1.04. The number of benzene rings is 1. The molecule has 2 aromatic rings. The van der Waals surface area contributed by atoms with E-state index in [4.69, 9.17) is 0 Å². The number of hydrogen-bond acceptors (Lipinski definition) is 2. The quantitative estimate of drug-likeness (QED) is 0.647. The van der Waals surface area contributed by atoms with Crippen LogP contribution in [0.3, 0.4) is 0 Å². The van der Waals surface area contributed by atoms with Crippen LogP contribution in [0.2, 0.25) is 0 Å². The first-order valence-electron chi connectivity index (χ1n) is 3.75. The zero-order valence-electron chi connectivity index (χ0n) is 6.74. The van der Waals surface area contributed by atoms with Crippen molar-refractivity contribution in [1.29, 1.82) is 0 Å². The number of aryl methyl sites for hydroxylation is 1. The third kappa shape index (κ3) is 1.38. The highest BCUT2D eigenvalue weighted by Crippen LogP contribution is 2.21. The third-order valence-corrected chi connectivity index (χ3v) is 2.43. The predicted octanol–water partition coefficient (Wildman–Crippen LogP) is 2.92. The maximum atomic E-state index is 4.12. The lowest BCUT2D eigenvalue weighted by Crippen LogP contribution is -1.76. The van der Waals surface area contributed by atoms with E-state index in [0.717, 1.165) is 5.01 Å². The lowest BCUT2D eigenvalue weighted by molar-refractivity contribution is 1.38. The third-order valence-electron chi connectivity index (χ3n) is 1.65. The molecule has 12 heavy (non-hydrogen) atoms. The lowest BCUT2D eigenvalue weighted by Gasteiger charge is -1.96. The molecule has 0 spiro atoms. The van der Waals surface area contributed by atoms with Crippen LogP contribution in [0.4, 0.5) is 0 Å². The number of hydrogen-bond donors (Lipinski definition) is 0. The molecule has 0 unspecified atom stereocenters. The number of rotatable bonds is 1. The molecule has 0 atom stereocenters. The van der Waals surface area contributed by atoms with Gasteiger partial charge in [-0.1, -0.05) is 23.8 Å². The van der Waals surface area contributed by atoms with E-state index in [1.165, 1.54) is 11.1 Å². The second-order valence-electron chi connectivity index (χ2n) is 2.65. The Bertz CT molecular complexity index is 365. The van der Waals surface area contributed by atoms with Crippen molar-refractivity contribution in [2.75, 3.05) is 0 Å². The molecule has 59 valence electrons. The first-order valence-corrected chi connectivity index (χ1v) is 4.63. The number of aromatic nitrogens is 1. The van der Waals surface area contributed by atoms with Gasteiger partial charge in [-0.3, -0.25) is 0 Å². The molecule has 0 saturated heterocycles. The fourth-order valence-electron chi connectivity index (χ4n) is 1.10. The van der Waals surface area contributed by atoms with Crippen molar-refractivity contribution in [3.8, 4) is 10.6 Å². The Balaban J connectivity index is 2.48. The molecule has 1 aromatic carbocycles. The molecule has 2 rings (SSSR count). The Morgan fingerprint density at radius 2 is 2.33 bits per heavy atom. The lowest BCUT2D eigenvalue weighted by atomic mass is 10.1. The zero-order valence-corrected chi connectivity index (χ0v) is 7.56. The largest absolute Gasteiger partial charge is 0.234 e. The molecule has 1 heterocycles. The fraction of sp³-hybridized carbons (Fsp3) is 0.100. The van der Waals surface area contributed by atoms with Gasteiger partial charge in [-0.25, -0.2) is 4.98 Å². The summed E-state index contributed by atoms with van der Waals surface area (Å²) in [5, 5.41) is 2.91. The summed E-state index contributed by atoms with van der Waals surface area (Å²) in [4.78, 5) is 4.12. The maximum Gasteiger partial charge on any atom is 0.124 e. The number of thiazole rings is 1. The molecule has 0 amide bonds. The summed E-state index contributed by atoms with van der Waals surface area (Å²) in [5.41, 5.74) is 2.45. The van der Waals surface area contributed by atoms with Gasteiger partial charge in [0.15, 0.2) is 0 Å². The highest BCUT2D eigenvalue weighted by Gasteiger charge is 1.98. The molecule has 0 bridgehead atoms. The van der Waals surface area contributed by atoms with Gasteiger partial charge in [0.25, 0.3) is 0 Å². The second-order valence-corrected chi connectivity index (χ2v) is 3.51. The molecule has 1 radical (unpaired) electrons. The Hall–Kier alpha value is -1.15. The van der Waals surface area contributed by atoms with E-state index < -0.39 is 0 Å². The molecule has 0 N–H and O–H groups in total. The van der Waals surface area contributed by atoms with Gasteiger partial charge in [0.1, 0.15) is 11.2 Å². The van der Waals surface area contributed by atoms with Gasteiger partial charge in [-0.05, 0) is 13.0 Å². The summed E-state index contributed by atoms with van der Waals surface area (Å²) >= 11 is 1.62. The summed E-state index contributed by atoms with van der Waals surface area (Å²) in [6, 6.07) is 8.33. The predicted molar refractivity (Wildman–Crippen MR) is 51.1 cm³/mol. The molecular formula is C10H8NS. The van der Waals surface area contributed by atoms with E-state index in [-0.39, 0.29) is 0 Å². The van der Waals surface area contributed by atoms with Crippen LogP contribution >= 0.6 is 11.3 Å². The van der Waals surface area contributed by atoms with Crippen LogP contribution in [0.5, 0.6) is 0 Å². The van der Waals surface area contributed by atoms with Gasteiger partial charge < -0.3 is 0 Å². The molecule has 1 nitrogen and oxygen atoms in total. The SMILES string of the molecule is Cc1cccc(-c2n[c]cs2)c1. The van der Waals surface area contributed by atoms with E-state index >= 15 is 0 Å². The topological polar surface area (TPSA) is 12.9 Å². The normalized spacial score (nSPS) is 10.1. The van der Waals surface area contributed by atoms with E-state index in [1.54, 1.807) is 11.3 Å².